The van der Waals surface area contributed by atoms with E-state index in [2.05, 4.69) is 36.8 Å². The summed E-state index contributed by atoms with van der Waals surface area (Å²) in [5.74, 6) is 0.440. The summed E-state index contributed by atoms with van der Waals surface area (Å²) >= 11 is 0. The first-order valence-corrected chi connectivity index (χ1v) is 13.7. The molecule has 0 fully saturated rings. The fraction of sp³-hybridized carbons (Fsp3) is 0.958. The minimum atomic E-state index is -4.48. The second-order valence-corrected chi connectivity index (χ2v) is 8.88. The average molecular weight is 523 g/mol. The molecule has 0 saturated carbocycles. The van der Waals surface area contributed by atoms with Gasteiger partial charge in [-0.05, 0) is 32.0 Å². The van der Waals surface area contributed by atoms with Crippen molar-refractivity contribution in [1.82, 2.24) is 4.90 Å². The van der Waals surface area contributed by atoms with Crippen molar-refractivity contribution in [2.45, 2.75) is 113 Å². The van der Waals surface area contributed by atoms with Crippen molar-refractivity contribution in [3.05, 3.63) is 0 Å². The zero-order valence-electron chi connectivity index (χ0n) is 23.6. The molecule has 34 heavy (non-hydrogen) atoms. The van der Waals surface area contributed by atoms with Gasteiger partial charge >= 0.3 is 29.6 Å². The minimum Gasteiger partial charge on any atom is -0.726 e. The van der Waals surface area contributed by atoms with Crippen LogP contribution in [0.2, 0.25) is 0 Å². The molecule has 0 spiro atoms. The van der Waals surface area contributed by atoms with Crippen LogP contribution in [0, 0.1) is 17.2 Å². The first-order valence-electron chi connectivity index (χ1n) is 12.3. The summed E-state index contributed by atoms with van der Waals surface area (Å²) < 4.78 is 34.5. The second kappa shape index (κ2) is 40.4. The molecule has 8 nitrogen and oxygen atoms in total. The molecular weight excluding hydrogens is 467 g/mol. The summed E-state index contributed by atoms with van der Waals surface area (Å²) in [6.45, 7) is 18.0. The second-order valence-electron chi connectivity index (χ2n) is 7.83. The zero-order chi connectivity index (χ0) is 25.7. The van der Waals surface area contributed by atoms with Gasteiger partial charge in [0, 0.05) is 13.5 Å². The molecule has 0 unspecified atom stereocenters. The van der Waals surface area contributed by atoms with Gasteiger partial charge in [-0.1, -0.05) is 99.3 Å². The van der Waals surface area contributed by atoms with Crippen LogP contribution in [0.4, 0.5) is 0 Å². The molecule has 3 N–H and O–H groups in total. The van der Waals surface area contributed by atoms with Crippen molar-refractivity contribution in [2.24, 2.45) is 5.92 Å². The van der Waals surface area contributed by atoms with Crippen molar-refractivity contribution < 1.29 is 57.3 Å². The van der Waals surface area contributed by atoms with E-state index >= 15 is 0 Å². The topological polar surface area (TPSA) is 145 Å². The summed E-state index contributed by atoms with van der Waals surface area (Å²) in [7, 11) is -4.48. The molecule has 0 atom stereocenters. The Balaban J connectivity index is -0.0000000956. The van der Waals surface area contributed by atoms with E-state index in [0.29, 0.717) is 18.9 Å². The van der Waals surface area contributed by atoms with Crippen molar-refractivity contribution in [3.8, 4) is 6.07 Å². The predicted octanol–water partition coefficient (Wildman–Crippen LogP) is 2.08. The van der Waals surface area contributed by atoms with Crippen LogP contribution in [-0.4, -0.2) is 61.3 Å². The van der Waals surface area contributed by atoms with Crippen LogP contribution in [0.25, 0.3) is 0 Å². The average Bonchev–Trinajstić information content (AvgIpc) is 2.74. The number of nitrogens with zero attached hydrogens (tertiary/aromatic N) is 2. The number of hydrogen-bond acceptors (Lipinski definition) is 7. The normalized spacial score (nSPS) is 9.71. The van der Waals surface area contributed by atoms with Gasteiger partial charge in [0.1, 0.15) is 0 Å². The van der Waals surface area contributed by atoms with Gasteiger partial charge in [-0.3, -0.25) is 4.18 Å². The van der Waals surface area contributed by atoms with E-state index < -0.39 is 10.4 Å². The van der Waals surface area contributed by atoms with Crippen molar-refractivity contribution in [1.29, 1.82) is 5.26 Å². The Morgan fingerprint density at radius 3 is 1.38 bits per heavy atom. The molecule has 0 amide bonds. The Labute approximate surface area is 234 Å². The molecule has 0 rings (SSSR count). The fourth-order valence-electron chi connectivity index (χ4n) is 2.42. The molecule has 204 valence electrons. The van der Waals surface area contributed by atoms with Gasteiger partial charge in [-0.15, -0.1) is 0 Å². The third-order valence-electron chi connectivity index (χ3n) is 4.43. The van der Waals surface area contributed by atoms with E-state index in [0.717, 1.165) is 12.8 Å². The van der Waals surface area contributed by atoms with Crippen LogP contribution in [0.3, 0.4) is 0 Å². The molecule has 0 aliphatic carbocycles. The predicted molar refractivity (Wildman–Crippen MR) is 138 cm³/mol. The van der Waals surface area contributed by atoms with E-state index in [1.54, 1.807) is 6.07 Å². The zero-order valence-corrected chi connectivity index (χ0v) is 26.4. The van der Waals surface area contributed by atoms with Crippen LogP contribution in [-0.2, 0) is 14.6 Å². The number of rotatable bonds is 16. The maximum absolute atomic E-state index is 10.1. The van der Waals surface area contributed by atoms with Gasteiger partial charge in [0.25, 0.3) is 0 Å². The minimum absolute atomic E-state index is 0. The van der Waals surface area contributed by atoms with E-state index in [1.807, 2.05) is 13.8 Å². The molecule has 10 heteroatoms. The maximum Gasteiger partial charge on any atom is 1.00 e. The van der Waals surface area contributed by atoms with E-state index in [1.165, 1.54) is 71.5 Å². The summed E-state index contributed by atoms with van der Waals surface area (Å²) in [5, 5.41) is 15.5. The summed E-state index contributed by atoms with van der Waals surface area (Å²) in [4.78, 5) is 2.38. The van der Waals surface area contributed by atoms with Crippen LogP contribution in [0.5, 0.6) is 0 Å². The summed E-state index contributed by atoms with van der Waals surface area (Å²) in [6, 6.07) is 1.75. The molecule has 0 aliphatic rings. The molecule has 0 aromatic heterocycles. The first kappa shape index (κ1) is 47.4. The molecule has 0 aliphatic heterocycles. The standard InChI is InChI=1S/C12H26O4S.C6H15N.C4H10O.C2H3N.Na.H2O/c1-2-3-4-5-6-7-8-9-10-11-12-16-17(13,14)15;1-4-7(5-2)6-3;1-4(2)3-5;1-2-3;;/h2-12H2,1H3,(H,13,14,15);4-6H2,1-3H3;4-5H,3H2,1-2H3;1H3;;1H2/q;;;;+1;/p-1. The Morgan fingerprint density at radius 2 is 1.18 bits per heavy atom. The third-order valence-corrected chi connectivity index (χ3v) is 4.89. The van der Waals surface area contributed by atoms with Gasteiger partial charge in [0.05, 0.1) is 12.7 Å². The largest absolute Gasteiger partial charge is 1.00 e. The Bertz CT molecular complexity index is 465. The summed E-state index contributed by atoms with van der Waals surface area (Å²) in [5.41, 5.74) is 0. The molecule has 0 heterocycles. The van der Waals surface area contributed by atoms with Crippen LogP contribution >= 0.6 is 0 Å². The third kappa shape index (κ3) is 63.6. The van der Waals surface area contributed by atoms with Crippen LogP contribution in [0.1, 0.15) is 113 Å². The number of aliphatic hydroxyl groups is 1. The van der Waals surface area contributed by atoms with Gasteiger partial charge in [0.2, 0.25) is 10.4 Å². The molecular formula is C24H55N2NaO6S. The monoisotopic (exact) mass is 522 g/mol. The van der Waals surface area contributed by atoms with Crippen molar-refractivity contribution in [2.75, 3.05) is 32.8 Å². The first-order chi connectivity index (χ1) is 15.1. The van der Waals surface area contributed by atoms with Crippen molar-refractivity contribution >= 4 is 10.4 Å². The number of nitriles is 1. The molecule has 0 saturated heterocycles. The van der Waals surface area contributed by atoms with E-state index in [-0.39, 0.29) is 41.6 Å². The molecule has 0 aromatic carbocycles. The summed E-state index contributed by atoms with van der Waals surface area (Å²) in [6.07, 6.45) is 11.7. The van der Waals surface area contributed by atoms with Crippen molar-refractivity contribution in [3.63, 3.8) is 0 Å². The fourth-order valence-corrected chi connectivity index (χ4v) is 2.74. The van der Waals surface area contributed by atoms with Crippen LogP contribution < -0.4 is 29.6 Å². The maximum atomic E-state index is 10.1. The number of aliphatic hydroxyl groups excluding tert-OH is 1. The SMILES string of the molecule is CC#N.CC(C)CO.CCCCCCCCCCCCOS(=O)(=O)[O-].CCN(CC)CC.O.[Na+]. The van der Waals surface area contributed by atoms with Gasteiger partial charge in [-0.2, -0.15) is 5.26 Å². The van der Waals surface area contributed by atoms with E-state index in [4.69, 9.17) is 10.4 Å². The molecule has 0 radical (unpaired) electrons. The van der Waals surface area contributed by atoms with Gasteiger partial charge in [0.15, 0.2) is 0 Å². The number of unbranched alkanes of at least 4 members (excludes halogenated alkanes) is 9. The Kier molecular flexibility index (Phi) is 56.4. The molecule has 0 bridgehead atoms. The Morgan fingerprint density at radius 1 is 0.882 bits per heavy atom. The molecule has 0 aromatic rings. The van der Waals surface area contributed by atoms with Crippen LogP contribution in [0.15, 0.2) is 0 Å². The van der Waals surface area contributed by atoms with Gasteiger partial charge < -0.3 is 20.0 Å². The van der Waals surface area contributed by atoms with E-state index in [9.17, 15) is 13.0 Å². The Hall–Kier alpha value is 0.240. The van der Waals surface area contributed by atoms with Gasteiger partial charge in [-0.25, -0.2) is 8.42 Å². The number of hydrogen-bond donors (Lipinski definition) is 1. The quantitative estimate of drug-likeness (QED) is 0.141. The smallest absolute Gasteiger partial charge is 0.726 e.